The number of aryl methyl sites for hydroxylation is 1. The predicted molar refractivity (Wildman–Crippen MR) is 66.2 cm³/mol. The van der Waals surface area contributed by atoms with Gasteiger partial charge in [-0.1, -0.05) is 11.2 Å². The Morgan fingerprint density at radius 1 is 1.33 bits per heavy atom. The van der Waals surface area contributed by atoms with Crippen LogP contribution in [-0.2, 0) is 0 Å². The van der Waals surface area contributed by atoms with Crippen LogP contribution in [0.1, 0.15) is 24.4 Å². The lowest BCUT2D eigenvalue weighted by atomic mass is 10.2. The maximum atomic E-state index is 13.6. The second kappa shape index (κ2) is 5.14. The average Bonchev–Trinajstić information content (AvgIpc) is 2.80. The van der Waals surface area contributed by atoms with Crippen LogP contribution in [0.2, 0.25) is 0 Å². The molecule has 1 atom stereocenters. The summed E-state index contributed by atoms with van der Waals surface area (Å²) in [6, 6.07) is 5.01. The van der Waals surface area contributed by atoms with Crippen LogP contribution in [0.25, 0.3) is 0 Å². The van der Waals surface area contributed by atoms with Crippen molar-refractivity contribution in [3.8, 4) is 0 Å². The molecule has 0 fully saturated rings. The standard InChI is InChI=1S/C12H15FN4O/c1-7-4-5-10(9(13)6-7)15-12-17-16-11(18-12)8(2)14-3/h4-6,8,14H,1-3H3,(H,15,17). The third kappa shape index (κ3) is 2.65. The minimum atomic E-state index is -0.351. The molecule has 0 aliphatic rings. The first-order chi connectivity index (χ1) is 8.60. The highest BCUT2D eigenvalue weighted by Crippen LogP contribution is 2.21. The Kier molecular flexibility index (Phi) is 3.57. The van der Waals surface area contributed by atoms with E-state index >= 15 is 0 Å². The Hall–Kier alpha value is -1.95. The molecular formula is C12H15FN4O. The summed E-state index contributed by atoms with van der Waals surface area (Å²) in [6.45, 7) is 3.72. The second-order valence-corrected chi connectivity index (χ2v) is 4.06. The SMILES string of the molecule is CNC(C)c1nnc(Nc2ccc(C)cc2F)o1. The van der Waals surface area contributed by atoms with Gasteiger partial charge in [0, 0.05) is 0 Å². The number of rotatable bonds is 4. The largest absolute Gasteiger partial charge is 0.406 e. The van der Waals surface area contributed by atoms with E-state index in [1.165, 1.54) is 6.07 Å². The minimum Gasteiger partial charge on any atom is -0.406 e. The molecule has 96 valence electrons. The third-order valence-corrected chi connectivity index (χ3v) is 2.61. The number of anilines is 2. The van der Waals surface area contributed by atoms with Crippen molar-refractivity contribution in [2.75, 3.05) is 12.4 Å². The van der Waals surface area contributed by atoms with E-state index in [2.05, 4.69) is 20.8 Å². The van der Waals surface area contributed by atoms with Crippen molar-refractivity contribution in [1.82, 2.24) is 15.5 Å². The fraction of sp³-hybridized carbons (Fsp3) is 0.333. The highest BCUT2D eigenvalue weighted by atomic mass is 19.1. The van der Waals surface area contributed by atoms with Crippen molar-refractivity contribution >= 4 is 11.7 Å². The summed E-state index contributed by atoms with van der Waals surface area (Å²) < 4.78 is 19.0. The summed E-state index contributed by atoms with van der Waals surface area (Å²) in [5.41, 5.74) is 1.17. The van der Waals surface area contributed by atoms with Gasteiger partial charge in [-0.05, 0) is 38.6 Å². The summed E-state index contributed by atoms with van der Waals surface area (Å²) in [5.74, 6) is 0.101. The predicted octanol–water partition coefficient (Wildman–Crippen LogP) is 2.54. The third-order valence-electron chi connectivity index (χ3n) is 2.61. The van der Waals surface area contributed by atoms with Crippen LogP contribution in [0, 0.1) is 12.7 Å². The molecule has 1 aromatic carbocycles. The molecule has 18 heavy (non-hydrogen) atoms. The molecule has 0 radical (unpaired) electrons. The summed E-state index contributed by atoms with van der Waals surface area (Å²) in [5, 5.41) is 13.4. The number of nitrogens with one attached hydrogen (secondary N) is 2. The van der Waals surface area contributed by atoms with Crippen molar-refractivity contribution in [3.63, 3.8) is 0 Å². The van der Waals surface area contributed by atoms with Gasteiger partial charge in [-0.15, -0.1) is 5.10 Å². The van der Waals surface area contributed by atoms with Crippen molar-refractivity contribution < 1.29 is 8.81 Å². The number of hydrogen-bond acceptors (Lipinski definition) is 5. The highest BCUT2D eigenvalue weighted by molar-refractivity contribution is 5.53. The maximum Gasteiger partial charge on any atom is 0.320 e. The smallest absolute Gasteiger partial charge is 0.320 e. The van der Waals surface area contributed by atoms with E-state index in [0.717, 1.165) is 5.56 Å². The molecule has 0 spiro atoms. The fourth-order valence-electron chi connectivity index (χ4n) is 1.42. The molecule has 2 rings (SSSR count). The van der Waals surface area contributed by atoms with Crippen molar-refractivity contribution in [1.29, 1.82) is 0 Å². The molecule has 1 heterocycles. The van der Waals surface area contributed by atoms with Crippen LogP contribution in [0.15, 0.2) is 22.6 Å². The molecule has 0 amide bonds. The van der Waals surface area contributed by atoms with Gasteiger partial charge in [0.2, 0.25) is 5.89 Å². The number of hydrogen-bond donors (Lipinski definition) is 2. The van der Waals surface area contributed by atoms with Gasteiger partial charge in [-0.2, -0.15) is 0 Å². The van der Waals surface area contributed by atoms with Crippen LogP contribution < -0.4 is 10.6 Å². The van der Waals surface area contributed by atoms with Gasteiger partial charge in [0.1, 0.15) is 5.82 Å². The molecule has 2 N–H and O–H groups in total. The maximum absolute atomic E-state index is 13.6. The number of halogens is 1. The molecule has 0 saturated carbocycles. The summed E-state index contributed by atoms with van der Waals surface area (Å²) in [7, 11) is 1.79. The van der Waals surface area contributed by atoms with E-state index in [9.17, 15) is 4.39 Å². The van der Waals surface area contributed by atoms with Gasteiger partial charge in [-0.3, -0.25) is 0 Å². The number of nitrogens with zero attached hydrogens (tertiary/aromatic N) is 2. The zero-order valence-corrected chi connectivity index (χ0v) is 10.5. The first-order valence-corrected chi connectivity index (χ1v) is 5.64. The Morgan fingerprint density at radius 2 is 2.11 bits per heavy atom. The van der Waals surface area contributed by atoms with Crippen LogP contribution in [-0.4, -0.2) is 17.2 Å². The van der Waals surface area contributed by atoms with E-state index in [1.807, 2.05) is 13.8 Å². The van der Waals surface area contributed by atoms with E-state index in [1.54, 1.807) is 19.2 Å². The average molecular weight is 250 g/mol. The summed E-state index contributed by atoms with van der Waals surface area (Å²) >= 11 is 0. The summed E-state index contributed by atoms with van der Waals surface area (Å²) in [4.78, 5) is 0. The lowest BCUT2D eigenvalue weighted by Crippen LogP contribution is -2.12. The van der Waals surface area contributed by atoms with Gasteiger partial charge in [-0.25, -0.2) is 4.39 Å². The zero-order valence-electron chi connectivity index (χ0n) is 10.5. The first-order valence-electron chi connectivity index (χ1n) is 5.64. The fourth-order valence-corrected chi connectivity index (χ4v) is 1.42. The highest BCUT2D eigenvalue weighted by Gasteiger charge is 2.13. The van der Waals surface area contributed by atoms with Gasteiger partial charge in [0.15, 0.2) is 0 Å². The van der Waals surface area contributed by atoms with Crippen LogP contribution >= 0.6 is 0 Å². The Labute approximate surface area is 104 Å². The molecule has 0 bridgehead atoms. The van der Waals surface area contributed by atoms with Crippen LogP contribution in [0.3, 0.4) is 0 Å². The number of aromatic nitrogens is 2. The lowest BCUT2D eigenvalue weighted by molar-refractivity contribution is 0.443. The molecule has 0 aliphatic carbocycles. The second-order valence-electron chi connectivity index (χ2n) is 4.06. The van der Waals surface area contributed by atoms with Crippen molar-refractivity contribution in [2.45, 2.75) is 19.9 Å². The first kappa shape index (κ1) is 12.5. The molecule has 1 aromatic heterocycles. The van der Waals surface area contributed by atoms with E-state index in [-0.39, 0.29) is 17.9 Å². The lowest BCUT2D eigenvalue weighted by Gasteiger charge is -2.04. The minimum absolute atomic E-state index is 0.0454. The molecule has 0 saturated heterocycles. The normalized spacial score (nSPS) is 12.4. The van der Waals surface area contributed by atoms with E-state index in [0.29, 0.717) is 11.6 Å². The van der Waals surface area contributed by atoms with Gasteiger partial charge in [0.05, 0.1) is 11.7 Å². The van der Waals surface area contributed by atoms with Crippen LogP contribution in [0.4, 0.5) is 16.1 Å². The van der Waals surface area contributed by atoms with E-state index in [4.69, 9.17) is 4.42 Å². The molecule has 1 unspecified atom stereocenters. The molecular weight excluding hydrogens is 235 g/mol. The molecule has 5 nitrogen and oxygen atoms in total. The van der Waals surface area contributed by atoms with Crippen molar-refractivity contribution in [3.05, 3.63) is 35.5 Å². The summed E-state index contributed by atoms with van der Waals surface area (Å²) in [6.07, 6.45) is 0. The zero-order chi connectivity index (χ0) is 13.1. The van der Waals surface area contributed by atoms with Crippen LogP contribution in [0.5, 0.6) is 0 Å². The van der Waals surface area contributed by atoms with Gasteiger partial charge in [0.25, 0.3) is 0 Å². The molecule has 6 heteroatoms. The Balaban J connectivity index is 2.16. The van der Waals surface area contributed by atoms with Crippen molar-refractivity contribution in [2.24, 2.45) is 0 Å². The van der Waals surface area contributed by atoms with Gasteiger partial charge >= 0.3 is 6.01 Å². The molecule has 0 aliphatic heterocycles. The Bertz CT molecular complexity index is 541. The Morgan fingerprint density at radius 3 is 2.78 bits per heavy atom. The van der Waals surface area contributed by atoms with E-state index < -0.39 is 0 Å². The molecule has 2 aromatic rings. The quantitative estimate of drug-likeness (QED) is 0.873. The number of benzene rings is 1. The topological polar surface area (TPSA) is 63.0 Å². The van der Waals surface area contributed by atoms with Gasteiger partial charge < -0.3 is 15.1 Å². The monoisotopic (exact) mass is 250 g/mol.